The molecule has 0 saturated carbocycles. The number of hydrogen-bond acceptors (Lipinski definition) is 6. The van der Waals surface area contributed by atoms with Crippen LogP contribution < -0.4 is 0 Å². The topological polar surface area (TPSA) is 45.7 Å². The van der Waals surface area contributed by atoms with Gasteiger partial charge < -0.3 is 9.64 Å². The number of carbonyl (C=O) groups is 1. The van der Waals surface area contributed by atoms with Gasteiger partial charge >= 0.3 is 5.97 Å². The van der Waals surface area contributed by atoms with Crippen molar-refractivity contribution in [1.29, 1.82) is 0 Å². The summed E-state index contributed by atoms with van der Waals surface area (Å²) < 4.78 is 4.65. The number of hydrogen-bond donors (Lipinski definition) is 0. The highest BCUT2D eigenvalue weighted by Gasteiger charge is 2.26. The summed E-state index contributed by atoms with van der Waals surface area (Å²) in [6.07, 6.45) is 0.263. The van der Waals surface area contributed by atoms with Crippen molar-refractivity contribution in [2.75, 3.05) is 40.8 Å². The van der Waals surface area contributed by atoms with Gasteiger partial charge in [-0.3, -0.25) is 9.69 Å². The molecule has 0 amide bonds. The van der Waals surface area contributed by atoms with Crippen LogP contribution in [0.25, 0.3) is 0 Å². The van der Waals surface area contributed by atoms with Crippen molar-refractivity contribution in [3.8, 4) is 0 Å². The van der Waals surface area contributed by atoms with E-state index >= 15 is 0 Å². The zero-order valence-electron chi connectivity index (χ0n) is 11.0. The number of nitrogens with zero attached hydrogens (tertiary/aromatic N) is 3. The van der Waals surface area contributed by atoms with Gasteiger partial charge in [0.25, 0.3) is 0 Å². The molecule has 2 rings (SSSR count). The van der Waals surface area contributed by atoms with Crippen LogP contribution in [-0.2, 0) is 16.0 Å². The Bertz CT molecular complexity index is 421. The third kappa shape index (κ3) is 3.07. The number of aromatic nitrogens is 1. The lowest BCUT2D eigenvalue weighted by atomic mass is 10.2. The maximum Gasteiger partial charge on any atom is 0.311 e. The predicted octanol–water partition coefficient (Wildman–Crippen LogP) is 0.777. The lowest BCUT2D eigenvalue weighted by molar-refractivity contribution is -0.139. The molecule has 1 atom stereocenters. The number of rotatable bonds is 3. The second kappa shape index (κ2) is 5.77. The Labute approximate surface area is 111 Å². The van der Waals surface area contributed by atoms with Gasteiger partial charge in [-0.15, -0.1) is 11.3 Å². The van der Waals surface area contributed by atoms with Crippen molar-refractivity contribution in [3.05, 3.63) is 16.1 Å². The van der Waals surface area contributed by atoms with Crippen LogP contribution in [0.15, 0.2) is 5.38 Å². The number of ether oxygens (including phenoxy) is 1. The first-order valence-electron chi connectivity index (χ1n) is 6.00. The summed E-state index contributed by atoms with van der Waals surface area (Å²) in [5, 5.41) is 3.04. The molecular weight excluding hydrogens is 250 g/mol. The van der Waals surface area contributed by atoms with Crippen molar-refractivity contribution in [3.63, 3.8) is 0 Å². The van der Waals surface area contributed by atoms with E-state index in [4.69, 9.17) is 0 Å². The fourth-order valence-electron chi connectivity index (χ4n) is 2.05. The van der Waals surface area contributed by atoms with Crippen molar-refractivity contribution >= 4 is 17.3 Å². The van der Waals surface area contributed by atoms with Gasteiger partial charge in [-0.05, 0) is 14.1 Å². The van der Waals surface area contributed by atoms with Crippen LogP contribution in [0.1, 0.15) is 16.7 Å². The second-order valence-corrected chi connectivity index (χ2v) is 5.58. The van der Waals surface area contributed by atoms with Crippen LogP contribution in [0.5, 0.6) is 0 Å². The molecule has 2 heterocycles. The molecule has 0 aromatic carbocycles. The Morgan fingerprint density at radius 3 is 3.06 bits per heavy atom. The first-order chi connectivity index (χ1) is 8.60. The molecule has 0 N–H and O–H groups in total. The van der Waals surface area contributed by atoms with Crippen LogP contribution in [-0.4, -0.2) is 61.6 Å². The predicted molar refractivity (Wildman–Crippen MR) is 70.7 cm³/mol. The van der Waals surface area contributed by atoms with Crippen LogP contribution in [0, 0.1) is 0 Å². The van der Waals surface area contributed by atoms with E-state index in [1.54, 1.807) is 11.3 Å². The lowest BCUT2D eigenvalue weighted by Gasteiger charge is -2.36. The normalized spacial score (nSPS) is 22.1. The Morgan fingerprint density at radius 1 is 1.56 bits per heavy atom. The van der Waals surface area contributed by atoms with Crippen LogP contribution in [0.3, 0.4) is 0 Å². The summed E-state index contributed by atoms with van der Waals surface area (Å²) in [7, 11) is 5.65. The Balaban J connectivity index is 2.06. The summed E-state index contributed by atoms with van der Waals surface area (Å²) in [4.78, 5) is 20.4. The molecule has 1 aliphatic heterocycles. The maximum atomic E-state index is 11.2. The Morgan fingerprint density at radius 2 is 2.33 bits per heavy atom. The zero-order valence-corrected chi connectivity index (χ0v) is 11.9. The second-order valence-electron chi connectivity index (χ2n) is 4.69. The minimum atomic E-state index is -0.235. The van der Waals surface area contributed by atoms with E-state index in [1.165, 1.54) is 7.11 Å². The molecule has 1 aromatic heterocycles. The van der Waals surface area contributed by atoms with E-state index < -0.39 is 0 Å². The molecular formula is C12H19N3O2S. The third-order valence-electron chi connectivity index (χ3n) is 3.26. The number of likely N-dealkylation sites (N-methyl/N-ethyl adjacent to an activating group) is 2. The molecule has 100 valence electrons. The van der Waals surface area contributed by atoms with Crippen molar-refractivity contribution in [2.45, 2.75) is 12.5 Å². The molecule has 6 heteroatoms. The van der Waals surface area contributed by atoms with Crippen molar-refractivity contribution in [1.82, 2.24) is 14.8 Å². The molecule has 0 aliphatic carbocycles. The van der Waals surface area contributed by atoms with Gasteiger partial charge in [-0.2, -0.15) is 0 Å². The van der Waals surface area contributed by atoms with E-state index in [2.05, 4.69) is 33.6 Å². The highest BCUT2D eigenvalue weighted by Crippen LogP contribution is 2.26. The fourth-order valence-corrected chi connectivity index (χ4v) is 3.03. The van der Waals surface area contributed by atoms with E-state index in [1.807, 2.05) is 5.38 Å². The van der Waals surface area contributed by atoms with Gasteiger partial charge in [0.1, 0.15) is 5.01 Å². The largest absolute Gasteiger partial charge is 0.469 e. The van der Waals surface area contributed by atoms with Gasteiger partial charge in [0, 0.05) is 25.0 Å². The summed E-state index contributed by atoms with van der Waals surface area (Å²) in [6, 6.07) is 0.333. The lowest BCUT2D eigenvalue weighted by Crippen LogP contribution is -2.44. The average Bonchev–Trinajstić information content (AvgIpc) is 2.80. The van der Waals surface area contributed by atoms with E-state index in [9.17, 15) is 4.79 Å². The van der Waals surface area contributed by atoms with Crippen molar-refractivity contribution < 1.29 is 9.53 Å². The minimum Gasteiger partial charge on any atom is -0.469 e. The molecule has 1 unspecified atom stereocenters. The monoisotopic (exact) mass is 269 g/mol. The number of thiazole rings is 1. The summed E-state index contributed by atoms with van der Waals surface area (Å²) in [6.45, 7) is 3.13. The molecule has 0 bridgehead atoms. The van der Waals surface area contributed by atoms with Gasteiger partial charge in [-0.1, -0.05) is 0 Å². The SMILES string of the molecule is COC(=O)Cc1csc(C2CN(C)CCN2C)n1. The van der Waals surface area contributed by atoms with Crippen LogP contribution in [0.2, 0.25) is 0 Å². The molecule has 0 radical (unpaired) electrons. The molecule has 1 aliphatic rings. The highest BCUT2D eigenvalue weighted by atomic mass is 32.1. The van der Waals surface area contributed by atoms with E-state index in [0.29, 0.717) is 6.04 Å². The number of methoxy groups -OCH3 is 1. The zero-order chi connectivity index (χ0) is 13.1. The van der Waals surface area contributed by atoms with Crippen molar-refractivity contribution in [2.24, 2.45) is 0 Å². The van der Waals surface area contributed by atoms with Gasteiger partial charge in [0.15, 0.2) is 0 Å². The summed E-state index contributed by atoms with van der Waals surface area (Å²) >= 11 is 1.63. The first kappa shape index (κ1) is 13.5. The van der Waals surface area contributed by atoms with Gasteiger partial charge in [0.2, 0.25) is 0 Å². The molecule has 18 heavy (non-hydrogen) atoms. The quantitative estimate of drug-likeness (QED) is 0.759. The minimum absolute atomic E-state index is 0.235. The standard InChI is InChI=1S/C12H19N3O2S/c1-14-4-5-15(2)10(7-14)12-13-9(8-18-12)6-11(16)17-3/h8,10H,4-7H2,1-3H3. The van der Waals surface area contributed by atoms with Gasteiger partial charge in [0.05, 0.1) is 25.3 Å². The molecule has 1 saturated heterocycles. The first-order valence-corrected chi connectivity index (χ1v) is 6.88. The molecule has 5 nitrogen and oxygen atoms in total. The summed E-state index contributed by atoms with van der Waals surface area (Å²) in [5.74, 6) is -0.235. The van der Waals surface area contributed by atoms with Crippen LogP contribution >= 0.6 is 11.3 Å². The fraction of sp³-hybridized carbons (Fsp3) is 0.667. The average molecular weight is 269 g/mol. The third-order valence-corrected chi connectivity index (χ3v) is 4.25. The van der Waals surface area contributed by atoms with E-state index in [-0.39, 0.29) is 12.4 Å². The Kier molecular flexibility index (Phi) is 4.31. The van der Waals surface area contributed by atoms with Gasteiger partial charge in [-0.25, -0.2) is 4.98 Å². The highest BCUT2D eigenvalue weighted by molar-refractivity contribution is 7.09. The summed E-state index contributed by atoms with van der Waals surface area (Å²) in [5.41, 5.74) is 0.809. The van der Waals surface area contributed by atoms with Crippen LogP contribution in [0.4, 0.5) is 0 Å². The number of carbonyl (C=O) groups excluding carboxylic acids is 1. The van der Waals surface area contributed by atoms with E-state index in [0.717, 1.165) is 30.3 Å². The smallest absolute Gasteiger partial charge is 0.311 e. The molecule has 1 fully saturated rings. The Hall–Kier alpha value is -0.980. The molecule has 1 aromatic rings. The number of esters is 1. The maximum absolute atomic E-state index is 11.2. The molecule has 0 spiro atoms. The number of piperazine rings is 1.